The monoisotopic (exact) mass is 476 g/mol. The molecular formula is C21H28N6O5S. The molecule has 1 aliphatic rings. The molecule has 1 fully saturated rings. The first-order valence-electron chi connectivity index (χ1n) is 10.7. The van der Waals surface area contributed by atoms with Gasteiger partial charge in [-0.05, 0) is 55.8 Å². The number of aryl methyl sites for hydroxylation is 1. The van der Waals surface area contributed by atoms with Crippen molar-refractivity contribution in [3.63, 3.8) is 0 Å². The van der Waals surface area contributed by atoms with Crippen LogP contribution >= 0.6 is 11.5 Å². The Balaban J connectivity index is 1.78. The van der Waals surface area contributed by atoms with Crippen molar-refractivity contribution in [2.24, 2.45) is 11.7 Å². The van der Waals surface area contributed by atoms with Crippen molar-refractivity contribution in [1.29, 1.82) is 0 Å². The number of carbonyl (C=O) groups excluding carboxylic acids is 4. The van der Waals surface area contributed by atoms with Gasteiger partial charge in [0, 0.05) is 12.6 Å². The number of aromatic nitrogens is 2. The summed E-state index contributed by atoms with van der Waals surface area (Å²) in [4.78, 5) is 52.5. The van der Waals surface area contributed by atoms with Crippen LogP contribution in [0.3, 0.4) is 0 Å². The molecule has 0 bridgehead atoms. The van der Waals surface area contributed by atoms with E-state index in [9.17, 15) is 19.2 Å². The van der Waals surface area contributed by atoms with E-state index >= 15 is 0 Å². The van der Waals surface area contributed by atoms with E-state index in [1.165, 1.54) is 17.2 Å². The van der Waals surface area contributed by atoms with Gasteiger partial charge in [-0.15, -0.1) is 5.10 Å². The fourth-order valence-electron chi connectivity index (χ4n) is 3.81. The molecule has 33 heavy (non-hydrogen) atoms. The van der Waals surface area contributed by atoms with Gasteiger partial charge in [-0.3, -0.25) is 19.2 Å². The minimum absolute atomic E-state index is 0.107. The number of hydrogen-bond acceptors (Lipinski definition) is 8. The van der Waals surface area contributed by atoms with E-state index in [1.807, 2.05) is 13.8 Å². The second-order valence-electron chi connectivity index (χ2n) is 8.47. The minimum Gasteiger partial charge on any atom is -0.459 e. The van der Waals surface area contributed by atoms with E-state index in [4.69, 9.17) is 10.2 Å². The van der Waals surface area contributed by atoms with Crippen LogP contribution in [0.5, 0.6) is 0 Å². The summed E-state index contributed by atoms with van der Waals surface area (Å²) in [5.41, 5.74) is 6.00. The Morgan fingerprint density at radius 2 is 2.09 bits per heavy atom. The summed E-state index contributed by atoms with van der Waals surface area (Å²) >= 11 is 0.994. The molecule has 3 atom stereocenters. The SMILES string of the molecule is Cc1nnsc1C(=O)N[C@H]1CCN(C(=O)c2ccco2)[C@H](C(=O)N[C@H](CC(C)C)C(N)=O)C1. The summed E-state index contributed by atoms with van der Waals surface area (Å²) in [5.74, 6) is -1.68. The molecule has 178 valence electrons. The quantitative estimate of drug-likeness (QED) is 0.509. The molecule has 1 saturated heterocycles. The van der Waals surface area contributed by atoms with E-state index in [1.54, 1.807) is 13.0 Å². The fraction of sp³-hybridized carbons (Fsp3) is 0.524. The van der Waals surface area contributed by atoms with Gasteiger partial charge in [-0.25, -0.2) is 0 Å². The second-order valence-corrected chi connectivity index (χ2v) is 9.22. The molecule has 4 N–H and O–H groups in total. The molecule has 0 aromatic carbocycles. The Labute approximate surface area is 195 Å². The van der Waals surface area contributed by atoms with Gasteiger partial charge >= 0.3 is 0 Å². The third-order valence-corrected chi connectivity index (χ3v) is 6.28. The van der Waals surface area contributed by atoms with Crippen LogP contribution in [0, 0.1) is 12.8 Å². The number of furan rings is 1. The maximum Gasteiger partial charge on any atom is 0.290 e. The number of carbonyl (C=O) groups is 4. The van der Waals surface area contributed by atoms with E-state index in [2.05, 4.69) is 20.2 Å². The van der Waals surface area contributed by atoms with Crippen molar-refractivity contribution in [2.75, 3.05) is 6.54 Å². The number of nitrogens with zero attached hydrogens (tertiary/aromatic N) is 3. The zero-order chi connectivity index (χ0) is 24.1. The molecular weight excluding hydrogens is 448 g/mol. The Bertz CT molecular complexity index is 1000. The van der Waals surface area contributed by atoms with Crippen LogP contribution in [-0.2, 0) is 9.59 Å². The number of likely N-dealkylation sites (tertiary alicyclic amines) is 1. The van der Waals surface area contributed by atoms with E-state index < -0.39 is 29.8 Å². The maximum atomic E-state index is 13.2. The van der Waals surface area contributed by atoms with Crippen LogP contribution < -0.4 is 16.4 Å². The zero-order valence-corrected chi connectivity index (χ0v) is 19.6. The van der Waals surface area contributed by atoms with E-state index in [0.29, 0.717) is 23.4 Å². The molecule has 12 heteroatoms. The summed E-state index contributed by atoms with van der Waals surface area (Å²) in [5, 5.41) is 9.44. The molecule has 0 unspecified atom stereocenters. The van der Waals surface area contributed by atoms with Crippen molar-refractivity contribution in [2.45, 2.75) is 58.2 Å². The van der Waals surface area contributed by atoms with Gasteiger partial charge in [0.2, 0.25) is 11.8 Å². The average Bonchev–Trinajstić information content (AvgIpc) is 3.44. The number of primary amides is 1. The molecule has 4 amide bonds. The second kappa shape index (κ2) is 10.6. The van der Waals surface area contributed by atoms with Crippen LogP contribution in [0.2, 0.25) is 0 Å². The van der Waals surface area contributed by atoms with Crippen LogP contribution in [0.1, 0.15) is 59.0 Å². The third-order valence-electron chi connectivity index (χ3n) is 5.46. The largest absolute Gasteiger partial charge is 0.459 e. The number of rotatable bonds is 8. The number of nitrogens with one attached hydrogen (secondary N) is 2. The lowest BCUT2D eigenvalue weighted by molar-refractivity contribution is -0.131. The molecule has 11 nitrogen and oxygen atoms in total. The van der Waals surface area contributed by atoms with Gasteiger partial charge in [0.25, 0.3) is 11.8 Å². The van der Waals surface area contributed by atoms with Gasteiger partial charge in [0.15, 0.2) is 5.76 Å². The Morgan fingerprint density at radius 1 is 1.33 bits per heavy atom. The lowest BCUT2D eigenvalue weighted by atomic mass is 9.94. The third kappa shape index (κ3) is 5.95. The topological polar surface area (TPSA) is 161 Å². The number of amides is 4. The van der Waals surface area contributed by atoms with Crippen molar-refractivity contribution < 1.29 is 23.6 Å². The smallest absolute Gasteiger partial charge is 0.290 e. The number of piperidine rings is 1. The zero-order valence-electron chi connectivity index (χ0n) is 18.7. The van der Waals surface area contributed by atoms with Gasteiger partial charge in [0.05, 0.1) is 12.0 Å². The maximum absolute atomic E-state index is 13.2. The Morgan fingerprint density at radius 3 is 2.67 bits per heavy atom. The highest BCUT2D eigenvalue weighted by Gasteiger charge is 2.39. The standard InChI is InChI=1S/C21H28N6O5S/c1-11(2)9-14(18(22)28)24-19(29)15-10-13(23-20(30)17-12(3)25-26-33-17)6-7-27(15)21(31)16-5-4-8-32-16/h4-5,8,11,13-15H,6-7,9-10H2,1-3H3,(H2,22,28)(H,23,30)(H,24,29)/t13-,14+,15-/m0/s1. The highest BCUT2D eigenvalue weighted by atomic mass is 32.1. The summed E-state index contributed by atoms with van der Waals surface area (Å²) in [6.07, 6.45) is 2.37. The number of nitrogens with two attached hydrogens (primary N) is 1. The van der Waals surface area contributed by atoms with E-state index in [-0.39, 0.29) is 36.6 Å². The van der Waals surface area contributed by atoms with Gasteiger partial charge < -0.3 is 25.7 Å². The van der Waals surface area contributed by atoms with Crippen molar-refractivity contribution >= 4 is 35.2 Å². The summed E-state index contributed by atoms with van der Waals surface area (Å²) in [6, 6.07) is 0.963. The molecule has 3 heterocycles. The molecule has 0 saturated carbocycles. The van der Waals surface area contributed by atoms with Crippen LogP contribution in [0.15, 0.2) is 22.8 Å². The van der Waals surface area contributed by atoms with Crippen LogP contribution in [0.4, 0.5) is 0 Å². The van der Waals surface area contributed by atoms with E-state index in [0.717, 1.165) is 11.5 Å². The van der Waals surface area contributed by atoms with Crippen LogP contribution in [0.25, 0.3) is 0 Å². The predicted octanol–water partition coefficient (Wildman–Crippen LogP) is 0.859. The Kier molecular flexibility index (Phi) is 7.79. The normalized spacial score (nSPS) is 19.2. The summed E-state index contributed by atoms with van der Waals surface area (Å²) < 4.78 is 9.00. The molecule has 0 spiro atoms. The first-order chi connectivity index (χ1) is 15.7. The van der Waals surface area contributed by atoms with Gasteiger partial charge in [0.1, 0.15) is 17.0 Å². The lowest BCUT2D eigenvalue weighted by Gasteiger charge is -2.38. The molecule has 0 radical (unpaired) electrons. The highest BCUT2D eigenvalue weighted by Crippen LogP contribution is 2.22. The Hall–Kier alpha value is -3.28. The van der Waals surface area contributed by atoms with Crippen molar-refractivity contribution in [1.82, 2.24) is 25.1 Å². The minimum atomic E-state index is -0.920. The lowest BCUT2D eigenvalue weighted by Crippen LogP contribution is -2.59. The highest BCUT2D eigenvalue weighted by molar-refractivity contribution is 7.08. The number of hydrogen-bond donors (Lipinski definition) is 3. The summed E-state index contributed by atoms with van der Waals surface area (Å²) in [7, 11) is 0. The molecule has 2 aromatic rings. The van der Waals surface area contributed by atoms with Crippen LogP contribution in [-0.4, -0.2) is 62.8 Å². The van der Waals surface area contributed by atoms with Crippen molar-refractivity contribution in [3.05, 3.63) is 34.7 Å². The molecule has 3 rings (SSSR count). The molecule has 1 aliphatic heterocycles. The van der Waals surface area contributed by atoms with Crippen molar-refractivity contribution in [3.8, 4) is 0 Å². The first-order valence-corrected chi connectivity index (χ1v) is 11.5. The first kappa shape index (κ1) is 24.4. The molecule has 0 aliphatic carbocycles. The van der Waals surface area contributed by atoms with Gasteiger partial charge in [-0.2, -0.15) is 0 Å². The average molecular weight is 477 g/mol. The predicted molar refractivity (Wildman–Crippen MR) is 119 cm³/mol. The molecule has 2 aromatic heterocycles. The summed E-state index contributed by atoms with van der Waals surface area (Å²) in [6.45, 7) is 5.74. The van der Waals surface area contributed by atoms with Gasteiger partial charge in [-0.1, -0.05) is 18.3 Å². The fourth-order valence-corrected chi connectivity index (χ4v) is 4.37.